The van der Waals surface area contributed by atoms with Crippen LogP contribution in [-0.2, 0) is 14.3 Å². The van der Waals surface area contributed by atoms with Crippen LogP contribution in [0.1, 0.15) is 30.6 Å². The van der Waals surface area contributed by atoms with Gasteiger partial charge in [0.05, 0.1) is 25.7 Å². The number of aliphatic hydroxyl groups excluding tert-OH is 1. The first-order valence-electron chi connectivity index (χ1n) is 6.81. The quantitative estimate of drug-likeness (QED) is 0.733. The molecule has 0 aliphatic carbocycles. The van der Waals surface area contributed by atoms with E-state index in [-0.39, 0.29) is 31.8 Å². The van der Waals surface area contributed by atoms with Gasteiger partial charge in [-0.15, -0.1) is 0 Å². The van der Waals surface area contributed by atoms with Crippen LogP contribution in [0.5, 0.6) is 5.75 Å². The van der Waals surface area contributed by atoms with Gasteiger partial charge < -0.3 is 19.3 Å². The summed E-state index contributed by atoms with van der Waals surface area (Å²) >= 11 is 0. The maximum Gasteiger partial charge on any atom is 0.341 e. The lowest BCUT2D eigenvalue weighted by Gasteiger charge is -2.14. The standard InChI is InChI=1S/C15H20O6/c1-3-19-14(17)9-11(16)10-21-13-8-6-5-7-12(13)15(18)20-4-2/h5-8,11,16H,3-4,9-10H2,1-2H3/t11-/m0/s1. The van der Waals surface area contributed by atoms with Crippen molar-refractivity contribution in [2.24, 2.45) is 0 Å². The van der Waals surface area contributed by atoms with E-state index in [0.29, 0.717) is 5.75 Å². The molecule has 0 unspecified atom stereocenters. The molecule has 0 spiro atoms. The molecule has 0 saturated heterocycles. The van der Waals surface area contributed by atoms with E-state index in [1.54, 1.807) is 38.1 Å². The molecule has 1 N–H and O–H groups in total. The number of ether oxygens (including phenoxy) is 3. The number of hydrogen-bond donors (Lipinski definition) is 1. The lowest BCUT2D eigenvalue weighted by atomic mass is 10.2. The summed E-state index contributed by atoms with van der Waals surface area (Å²) in [4.78, 5) is 22.9. The molecule has 0 heterocycles. The molecule has 0 saturated carbocycles. The summed E-state index contributed by atoms with van der Waals surface area (Å²) in [6.45, 7) is 3.81. The molecule has 1 aromatic carbocycles. The zero-order chi connectivity index (χ0) is 15.7. The molecular formula is C15H20O6. The Balaban J connectivity index is 2.59. The van der Waals surface area contributed by atoms with Gasteiger partial charge in [-0.1, -0.05) is 12.1 Å². The Morgan fingerprint density at radius 1 is 1.14 bits per heavy atom. The fraction of sp³-hybridized carbons (Fsp3) is 0.467. The van der Waals surface area contributed by atoms with Crippen LogP contribution in [0.25, 0.3) is 0 Å². The number of aliphatic hydroxyl groups is 1. The van der Waals surface area contributed by atoms with E-state index in [4.69, 9.17) is 14.2 Å². The molecule has 6 heteroatoms. The second-order valence-electron chi connectivity index (χ2n) is 4.19. The predicted molar refractivity (Wildman–Crippen MR) is 75.2 cm³/mol. The average molecular weight is 296 g/mol. The van der Waals surface area contributed by atoms with Crippen LogP contribution >= 0.6 is 0 Å². The third kappa shape index (κ3) is 5.83. The highest BCUT2D eigenvalue weighted by Gasteiger charge is 2.16. The van der Waals surface area contributed by atoms with Crippen molar-refractivity contribution >= 4 is 11.9 Å². The molecule has 0 aliphatic rings. The smallest absolute Gasteiger partial charge is 0.341 e. The molecule has 6 nitrogen and oxygen atoms in total. The molecule has 0 bridgehead atoms. The molecule has 0 fully saturated rings. The number of carbonyl (C=O) groups excluding carboxylic acids is 2. The van der Waals surface area contributed by atoms with Crippen LogP contribution in [0, 0.1) is 0 Å². The van der Waals surface area contributed by atoms with Crippen LogP contribution in [-0.4, -0.2) is 43.0 Å². The van der Waals surface area contributed by atoms with Crippen molar-refractivity contribution in [1.29, 1.82) is 0 Å². The summed E-state index contributed by atoms with van der Waals surface area (Å²) in [6.07, 6.45) is -1.16. The Labute approximate surface area is 123 Å². The van der Waals surface area contributed by atoms with Crippen LogP contribution in [0.4, 0.5) is 0 Å². The minimum absolute atomic E-state index is 0.116. The van der Waals surface area contributed by atoms with Crippen molar-refractivity contribution in [3.63, 3.8) is 0 Å². The summed E-state index contributed by atoms with van der Waals surface area (Å²) < 4.78 is 15.0. The van der Waals surface area contributed by atoms with Crippen LogP contribution in [0.3, 0.4) is 0 Å². The Morgan fingerprint density at radius 2 is 1.81 bits per heavy atom. The highest BCUT2D eigenvalue weighted by atomic mass is 16.5. The molecule has 1 aromatic rings. The van der Waals surface area contributed by atoms with E-state index in [1.807, 2.05) is 0 Å². The molecule has 0 aliphatic heterocycles. The molecule has 21 heavy (non-hydrogen) atoms. The van der Waals surface area contributed by atoms with Crippen molar-refractivity contribution in [2.75, 3.05) is 19.8 Å². The van der Waals surface area contributed by atoms with E-state index in [9.17, 15) is 14.7 Å². The number of para-hydroxylation sites is 1. The second-order valence-corrected chi connectivity index (χ2v) is 4.19. The van der Waals surface area contributed by atoms with Crippen LogP contribution in [0.15, 0.2) is 24.3 Å². The Morgan fingerprint density at radius 3 is 2.48 bits per heavy atom. The number of hydrogen-bond acceptors (Lipinski definition) is 6. The topological polar surface area (TPSA) is 82.1 Å². The lowest BCUT2D eigenvalue weighted by Crippen LogP contribution is -2.23. The first-order valence-corrected chi connectivity index (χ1v) is 6.81. The van der Waals surface area contributed by atoms with Crippen LogP contribution < -0.4 is 4.74 Å². The van der Waals surface area contributed by atoms with E-state index in [2.05, 4.69) is 0 Å². The highest BCUT2D eigenvalue weighted by Crippen LogP contribution is 2.19. The zero-order valence-corrected chi connectivity index (χ0v) is 12.2. The predicted octanol–water partition coefficient (Wildman–Crippen LogP) is 1.56. The maximum atomic E-state index is 11.7. The normalized spacial score (nSPS) is 11.6. The third-order valence-corrected chi connectivity index (χ3v) is 2.52. The van der Waals surface area contributed by atoms with Crippen molar-refractivity contribution < 1.29 is 28.9 Å². The first kappa shape index (κ1) is 17.0. The average Bonchev–Trinajstić information content (AvgIpc) is 2.46. The van der Waals surface area contributed by atoms with E-state index in [0.717, 1.165) is 0 Å². The molecule has 1 rings (SSSR count). The van der Waals surface area contributed by atoms with Gasteiger partial charge in [0.2, 0.25) is 0 Å². The van der Waals surface area contributed by atoms with Gasteiger partial charge in [-0.25, -0.2) is 4.79 Å². The summed E-state index contributed by atoms with van der Waals surface area (Å²) in [5, 5.41) is 9.70. The van der Waals surface area contributed by atoms with Gasteiger partial charge in [0.25, 0.3) is 0 Å². The van der Waals surface area contributed by atoms with E-state index in [1.165, 1.54) is 0 Å². The largest absolute Gasteiger partial charge is 0.490 e. The SMILES string of the molecule is CCOC(=O)C[C@H](O)COc1ccccc1C(=O)OCC. The maximum absolute atomic E-state index is 11.7. The molecule has 1 atom stereocenters. The first-order chi connectivity index (χ1) is 10.1. The summed E-state index contributed by atoms with van der Waals surface area (Å²) in [6, 6.07) is 6.57. The molecular weight excluding hydrogens is 276 g/mol. The van der Waals surface area contributed by atoms with Crippen molar-refractivity contribution in [2.45, 2.75) is 26.4 Å². The van der Waals surface area contributed by atoms with Gasteiger partial charge in [0, 0.05) is 0 Å². The Bertz CT molecular complexity index is 471. The van der Waals surface area contributed by atoms with Gasteiger partial charge in [0.1, 0.15) is 17.9 Å². The van der Waals surface area contributed by atoms with E-state index >= 15 is 0 Å². The summed E-state index contributed by atoms with van der Waals surface area (Å²) in [5.41, 5.74) is 0.280. The summed E-state index contributed by atoms with van der Waals surface area (Å²) in [5.74, 6) is -0.681. The molecule has 0 amide bonds. The lowest BCUT2D eigenvalue weighted by molar-refractivity contribution is -0.145. The number of rotatable bonds is 8. The van der Waals surface area contributed by atoms with Gasteiger partial charge in [-0.2, -0.15) is 0 Å². The highest BCUT2D eigenvalue weighted by molar-refractivity contribution is 5.92. The van der Waals surface area contributed by atoms with Gasteiger partial charge >= 0.3 is 11.9 Å². The van der Waals surface area contributed by atoms with Gasteiger partial charge in [-0.05, 0) is 26.0 Å². The fourth-order valence-electron chi connectivity index (χ4n) is 1.63. The monoisotopic (exact) mass is 296 g/mol. The number of esters is 2. The molecule has 0 radical (unpaired) electrons. The second kappa shape index (κ2) is 8.97. The van der Waals surface area contributed by atoms with Gasteiger partial charge in [0.15, 0.2) is 0 Å². The molecule has 0 aromatic heterocycles. The number of benzene rings is 1. The Kier molecular flexibility index (Phi) is 7.25. The van der Waals surface area contributed by atoms with Crippen molar-refractivity contribution in [1.82, 2.24) is 0 Å². The summed E-state index contributed by atoms with van der Waals surface area (Å²) in [7, 11) is 0. The minimum Gasteiger partial charge on any atom is -0.490 e. The third-order valence-electron chi connectivity index (χ3n) is 2.52. The number of carbonyl (C=O) groups is 2. The molecule has 116 valence electrons. The minimum atomic E-state index is -1.00. The van der Waals surface area contributed by atoms with E-state index < -0.39 is 18.0 Å². The van der Waals surface area contributed by atoms with Crippen molar-refractivity contribution in [3.8, 4) is 5.75 Å². The van der Waals surface area contributed by atoms with Gasteiger partial charge in [-0.3, -0.25) is 4.79 Å². The van der Waals surface area contributed by atoms with Crippen molar-refractivity contribution in [3.05, 3.63) is 29.8 Å². The Hall–Kier alpha value is -2.08. The van der Waals surface area contributed by atoms with Crippen LogP contribution in [0.2, 0.25) is 0 Å². The zero-order valence-electron chi connectivity index (χ0n) is 12.2. The fourth-order valence-corrected chi connectivity index (χ4v) is 1.63.